The second-order valence-corrected chi connectivity index (χ2v) is 5.67. The Kier molecular flexibility index (Phi) is 3.37. The van der Waals surface area contributed by atoms with E-state index in [-0.39, 0.29) is 23.5 Å². The van der Waals surface area contributed by atoms with Crippen LogP contribution in [-0.2, 0) is 9.59 Å². The van der Waals surface area contributed by atoms with Gasteiger partial charge >= 0.3 is 0 Å². The minimum absolute atomic E-state index is 0.0790. The molecule has 2 amide bonds. The number of carbonyl (C=O) groups excluding carboxylic acids is 3. The monoisotopic (exact) mass is 286 g/mol. The second-order valence-electron chi connectivity index (χ2n) is 5.67. The van der Waals surface area contributed by atoms with E-state index < -0.39 is 12.0 Å². The Morgan fingerprint density at radius 3 is 2.48 bits per heavy atom. The third-order valence-electron chi connectivity index (χ3n) is 4.51. The molecule has 2 heterocycles. The molecule has 0 saturated carbocycles. The fraction of sp³-hybridized carbons (Fsp3) is 0.438. The molecule has 2 fully saturated rings. The highest BCUT2D eigenvalue weighted by atomic mass is 16.2. The molecule has 0 bridgehead atoms. The fourth-order valence-electron chi connectivity index (χ4n) is 3.51. The normalized spacial score (nSPS) is 29.0. The predicted molar refractivity (Wildman–Crippen MR) is 76.6 cm³/mol. The number of likely N-dealkylation sites (N-methyl/N-ethyl adjacent to an activating group) is 1. The summed E-state index contributed by atoms with van der Waals surface area (Å²) in [6.45, 7) is 2.63. The summed E-state index contributed by atoms with van der Waals surface area (Å²) in [5.74, 6) is -1.33. The third kappa shape index (κ3) is 2.00. The Bertz CT molecular complexity index is 599. The van der Waals surface area contributed by atoms with E-state index in [0.29, 0.717) is 18.7 Å². The third-order valence-corrected chi connectivity index (χ3v) is 4.51. The molecule has 3 atom stereocenters. The van der Waals surface area contributed by atoms with E-state index in [1.807, 2.05) is 11.0 Å². The minimum Gasteiger partial charge on any atom is -0.295 e. The number of likely N-dealkylation sites (tertiary alicyclic amines) is 2. The van der Waals surface area contributed by atoms with E-state index in [2.05, 4.69) is 0 Å². The molecule has 0 aromatic heterocycles. The van der Waals surface area contributed by atoms with E-state index in [1.165, 1.54) is 4.90 Å². The van der Waals surface area contributed by atoms with Crippen molar-refractivity contribution in [1.29, 1.82) is 0 Å². The lowest BCUT2D eigenvalue weighted by Gasteiger charge is -2.23. The van der Waals surface area contributed by atoms with Crippen LogP contribution >= 0.6 is 0 Å². The van der Waals surface area contributed by atoms with Crippen LogP contribution < -0.4 is 0 Å². The molecule has 2 aliphatic rings. The van der Waals surface area contributed by atoms with Gasteiger partial charge in [-0.1, -0.05) is 30.3 Å². The van der Waals surface area contributed by atoms with E-state index in [1.54, 1.807) is 38.2 Å². The average molecular weight is 286 g/mol. The van der Waals surface area contributed by atoms with Crippen LogP contribution in [0.5, 0.6) is 0 Å². The van der Waals surface area contributed by atoms with Gasteiger partial charge in [-0.25, -0.2) is 0 Å². The molecule has 2 aliphatic heterocycles. The quantitative estimate of drug-likeness (QED) is 0.609. The summed E-state index contributed by atoms with van der Waals surface area (Å²) < 4.78 is 0. The van der Waals surface area contributed by atoms with Crippen molar-refractivity contribution < 1.29 is 14.4 Å². The van der Waals surface area contributed by atoms with Crippen molar-refractivity contribution in [2.75, 3.05) is 20.1 Å². The molecular formula is C16H18N2O3. The SMILES string of the molecule is CCN1C(=O)[C@H]2[C@H](CN(C)[C@@H]2C(=O)c2ccccc2)C1=O. The van der Waals surface area contributed by atoms with Gasteiger partial charge in [0.25, 0.3) is 0 Å². The summed E-state index contributed by atoms with van der Waals surface area (Å²) in [5.41, 5.74) is 0.588. The lowest BCUT2D eigenvalue weighted by molar-refractivity contribution is -0.140. The summed E-state index contributed by atoms with van der Waals surface area (Å²) >= 11 is 0. The number of carbonyl (C=O) groups is 3. The topological polar surface area (TPSA) is 57.7 Å². The van der Waals surface area contributed by atoms with Gasteiger partial charge in [-0.15, -0.1) is 0 Å². The molecule has 0 spiro atoms. The van der Waals surface area contributed by atoms with Gasteiger partial charge in [-0.3, -0.25) is 24.2 Å². The maximum absolute atomic E-state index is 12.7. The predicted octanol–water partition coefficient (Wildman–Crippen LogP) is 0.804. The number of imide groups is 1. The van der Waals surface area contributed by atoms with Crippen LogP contribution in [0.2, 0.25) is 0 Å². The Morgan fingerprint density at radius 2 is 1.86 bits per heavy atom. The van der Waals surface area contributed by atoms with Crippen molar-refractivity contribution in [1.82, 2.24) is 9.80 Å². The van der Waals surface area contributed by atoms with Gasteiger partial charge in [0, 0.05) is 18.7 Å². The number of amides is 2. The van der Waals surface area contributed by atoms with Crippen molar-refractivity contribution >= 4 is 17.6 Å². The molecule has 5 nitrogen and oxygen atoms in total. The highest BCUT2D eigenvalue weighted by molar-refractivity contribution is 6.11. The summed E-state index contributed by atoms with van der Waals surface area (Å²) in [6.07, 6.45) is 0. The molecule has 0 unspecified atom stereocenters. The second kappa shape index (κ2) is 5.07. The highest BCUT2D eigenvalue weighted by Crippen LogP contribution is 2.38. The molecule has 1 aromatic carbocycles. The van der Waals surface area contributed by atoms with E-state index in [9.17, 15) is 14.4 Å². The number of ketones is 1. The zero-order chi connectivity index (χ0) is 15.1. The summed E-state index contributed by atoms with van der Waals surface area (Å²) in [6, 6.07) is 8.43. The number of Topliss-reactive ketones (excluding diaryl/α,β-unsaturated/α-hetero) is 1. The van der Waals surface area contributed by atoms with Crippen LogP contribution in [0.3, 0.4) is 0 Å². The average Bonchev–Trinajstić information content (AvgIpc) is 2.95. The number of hydrogen-bond acceptors (Lipinski definition) is 4. The molecule has 2 saturated heterocycles. The molecular weight excluding hydrogens is 268 g/mol. The molecule has 0 N–H and O–H groups in total. The van der Waals surface area contributed by atoms with Crippen molar-refractivity contribution in [2.45, 2.75) is 13.0 Å². The van der Waals surface area contributed by atoms with Gasteiger partial charge in [0.1, 0.15) is 0 Å². The van der Waals surface area contributed by atoms with Crippen LogP contribution in [0.15, 0.2) is 30.3 Å². The molecule has 5 heteroatoms. The Hall–Kier alpha value is -2.01. The van der Waals surface area contributed by atoms with Crippen LogP contribution in [0.25, 0.3) is 0 Å². The van der Waals surface area contributed by atoms with E-state index in [4.69, 9.17) is 0 Å². The summed E-state index contributed by atoms with van der Waals surface area (Å²) in [5, 5.41) is 0. The van der Waals surface area contributed by atoms with Crippen molar-refractivity contribution in [3.8, 4) is 0 Å². The Morgan fingerprint density at radius 1 is 1.19 bits per heavy atom. The van der Waals surface area contributed by atoms with Gasteiger partial charge in [-0.2, -0.15) is 0 Å². The fourth-order valence-corrected chi connectivity index (χ4v) is 3.51. The molecule has 0 aliphatic carbocycles. The molecule has 21 heavy (non-hydrogen) atoms. The van der Waals surface area contributed by atoms with Crippen molar-refractivity contribution in [3.63, 3.8) is 0 Å². The van der Waals surface area contributed by atoms with Crippen molar-refractivity contribution in [2.24, 2.45) is 11.8 Å². The zero-order valence-corrected chi connectivity index (χ0v) is 12.2. The zero-order valence-electron chi connectivity index (χ0n) is 12.2. The molecule has 0 radical (unpaired) electrons. The lowest BCUT2D eigenvalue weighted by Crippen LogP contribution is -2.43. The first-order chi connectivity index (χ1) is 10.1. The standard InChI is InChI=1S/C16H18N2O3/c1-3-18-15(20)11-9-17(2)13(12(11)16(18)21)14(19)10-7-5-4-6-8-10/h4-8,11-13H,3,9H2,1-2H3/t11-,12-,13-/m0/s1. The highest BCUT2D eigenvalue weighted by Gasteiger charge is 2.58. The number of fused-ring (bicyclic) bond motifs is 1. The maximum atomic E-state index is 12.7. The first kappa shape index (κ1) is 13.9. The summed E-state index contributed by atoms with van der Waals surface area (Å²) in [4.78, 5) is 40.5. The van der Waals surface area contributed by atoms with Gasteiger partial charge in [0.15, 0.2) is 5.78 Å². The van der Waals surface area contributed by atoms with Crippen LogP contribution in [0.1, 0.15) is 17.3 Å². The first-order valence-electron chi connectivity index (χ1n) is 7.21. The number of hydrogen-bond donors (Lipinski definition) is 0. The van der Waals surface area contributed by atoms with Crippen LogP contribution in [-0.4, -0.2) is 53.6 Å². The smallest absolute Gasteiger partial charge is 0.235 e. The molecule has 110 valence electrons. The first-order valence-corrected chi connectivity index (χ1v) is 7.21. The Balaban J connectivity index is 1.94. The molecule has 1 aromatic rings. The van der Waals surface area contributed by atoms with Gasteiger partial charge in [-0.05, 0) is 14.0 Å². The number of rotatable bonds is 3. The van der Waals surface area contributed by atoms with Gasteiger partial charge < -0.3 is 0 Å². The van der Waals surface area contributed by atoms with Crippen LogP contribution in [0.4, 0.5) is 0 Å². The molecule has 3 rings (SSSR count). The number of nitrogens with zero attached hydrogens (tertiary/aromatic N) is 2. The van der Waals surface area contributed by atoms with Crippen molar-refractivity contribution in [3.05, 3.63) is 35.9 Å². The largest absolute Gasteiger partial charge is 0.295 e. The van der Waals surface area contributed by atoms with E-state index in [0.717, 1.165) is 0 Å². The van der Waals surface area contributed by atoms with Gasteiger partial charge in [0.2, 0.25) is 11.8 Å². The van der Waals surface area contributed by atoms with E-state index >= 15 is 0 Å². The summed E-state index contributed by atoms with van der Waals surface area (Å²) in [7, 11) is 1.81. The maximum Gasteiger partial charge on any atom is 0.235 e. The van der Waals surface area contributed by atoms with Crippen LogP contribution in [0, 0.1) is 11.8 Å². The number of benzene rings is 1. The Labute approximate surface area is 123 Å². The lowest BCUT2D eigenvalue weighted by atomic mass is 9.88. The minimum atomic E-state index is -0.537. The van der Waals surface area contributed by atoms with Gasteiger partial charge in [0.05, 0.1) is 17.9 Å².